The summed E-state index contributed by atoms with van der Waals surface area (Å²) in [6, 6.07) is 6.52. The van der Waals surface area contributed by atoms with Gasteiger partial charge in [-0.1, -0.05) is 32.4 Å². The van der Waals surface area contributed by atoms with E-state index in [4.69, 9.17) is 16.3 Å². The predicted molar refractivity (Wildman–Crippen MR) is 86.8 cm³/mol. The molecule has 3 heteroatoms. The van der Waals surface area contributed by atoms with E-state index in [9.17, 15) is 0 Å². The zero-order valence-electron chi connectivity index (χ0n) is 13.0. The Balaban J connectivity index is 2.02. The normalized spacial score (nSPS) is 25.2. The highest BCUT2D eigenvalue weighted by Crippen LogP contribution is 2.40. The van der Waals surface area contributed by atoms with Crippen molar-refractivity contribution in [2.45, 2.75) is 53.0 Å². The Bertz CT molecular complexity index is 458. The van der Waals surface area contributed by atoms with Crippen molar-refractivity contribution < 1.29 is 4.74 Å². The van der Waals surface area contributed by atoms with Crippen molar-refractivity contribution in [1.29, 1.82) is 0 Å². The maximum absolute atomic E-state index is 6.24. The van der Waals surface area contributed by atoms with Crippen LogP contribution in [-0.2, 0) is 0 Å². The van der Waals surface area contributed by atoms with Crippen molar-refractivity contribution in [2.75, 3.05) is 11.9 Å². The molecule has 1 aromatic carbocycles. The molecule has 1 aliphatic rings. The molecule has 20 heavy (non-hydrogen) atoms. The number of halogens is 1. The van der Waals surface area contributed by atoms with Crippen molar-refractivity contribution in [1.82, 2.24) is 0 Å². The fraction of sp³-hybridized carbons (Fsp3) is 0.647. The van der Waals surface area contributed by atoms with E-state index in [1.807, 2.05) is 19.1 Å². The van der Waals surface area contributed by atoms with Gasteiger partial charge in [-0.15, -0.1) is 0 Å². The minimum absolute atomic E-state index is 0.480. The molecule has 1 saturated carbocycles. The van der Waals surface area contributed by atoms with Crippen molar-refractivity contribution in [3.63, 3.8) is 0 Å². The van der Waals surface area contributed by atoms with Gasteiger partial charge in [0, 0.05) is 11.7 Å². The lowest BCUT2D eigenvalue weighted by atomic mass is 9.70. The lowest BCUT2D eigenvalue weighted by molar-refractivity contribution is 0.177. The molecule has 0 heterocycles. The number of rotatable bonds is 4. The maximum Gasteiger partial charge on any atom is 0.138 e. The second-order valence-electron chi connectivity index (χ2n) is 6.71. The van der Waals surface area contributed by atoms with Crippen LogP contribution in [0, 0.1) is 11.3 Å². The standard InChI is InChI=1S/C17H26ClNO/c1-5-20-16-7-6-13(10-14(16)18)19-15-8-9-17(3,4)11-12(15)2/h6-7,10,12,15,19H,5,8-9,11H2,1-4H3. The molecule has 0 bridgehead atoms. The first-order valence-electron chi connectivity index (χ1n) is 7.60. The Morgan fingerprint density at radius 2 is 2.15 bits per heavy atom. The average Bonchev–Trinajstić information content (AvgIpc) is 2.36. The molecule has 0 aromatic heterocycles. The molecule has 1 fully saturated rings. The number of hydrogen-bond acceptors (Lipinski definition) is 2. The summed E-state index contributed by atoms with van der Waals surface area (Å²) >= 11 is 6.24. The van der Waals surface area contributed by atoms with Gasteiger partial charge in [-0.3, -0.25) is 0 Å². The van der Waals surface area contributed by atoms with Crippen LogP contribution < -0.4 is 10.1 Å². The number of benzene rings is 1. The minimum Gasteiger partial charge on any atom is -0.492 e. The van der Waals surface area contributed by atoms with Crippen LogP contribution in [0.2, 0.25) is 5.02 Å². The van der Waals surface area contributed by atoms with Gasteiger partial charge >= 0.3 is 0 Å². The van der Waals surface area contributed by atoms with Gasteiger partial charge in [0.25, 0.3) is 0 Å². The third-order valence-electron chi connectivity index (χ3n) is 4.28. The summed E-state index contributed by atoms with van der Waals surface area (Å²) in [6.07, 6.45) is 3.77. The second kappa shape index (κ2) is 6.26. The Labute approximate surface area is 127 Å². The summed E-state index contributed by atoms with van der Waals surface area (Å²) in [5.41, 5.74) is 1.57. The van der Waals surface area contributed by atoms with Crippen LogP contribution in [0.15, 0.2) is 18.2 Å². The van der Waals surface area contributed by atoms with Crippen molar-refractivity contribution in [3.05, 3.63) is 23.2 Å². The summed E-state index contributed by atoms with van der Waals surface area (Å²) < 4.78 is 5.47. The first-order valence-corrected chi connectivity index (χ1v) is 7.98. The first kappa shape index (κ1) is 15.5. The minimum atomic E-state index is 0.480. The SMILES string of the molecule is CCOc1ccc(NC2CCC(C)(C)CC2C)cc1Cl. The molecule has 0 radical (unpaired) electrons. The van der Waals surface area contributed by atoms with Gasteiger partial charge in [0.05, 0.1) is 11.6 Å². The number of anilines is 1. The van der Waals surface area contributed by atoms with E-state index in [0.717, 1.165) is 11.4 Å². The number of ether oxygens (including phenoxy) is 1. The number of nitrogens with one attached hydrogen (secondary N) is 1. The molecule has 0 spiro atoms. The molecule has 1 aromatic rings. The molecule has 2 atom stereocenters. The van der Waals surface area contributed by atoms with Crippen LogP contribution in [0.5, 0.6) is 5.75 Å². The van der Waals surface area contributed by atoms with E-state index in [1.54, 1.807) is 0 Å². The zero-order chi connectivity index (χ0) is 14.8. The van der Waals surface area contributed by atoms with Crippen LogP contribution in [0.3, 0.4) is 0 Å². The third kappa shape index (κ3) is 3.82. The van der Waals surface area contributed by atoms with Crippen LogP contribution >= 0.6 is 11.6 Å². The molecular weight excluding hydrogens is 270 g/mol. The molecule has 2 rings (SSSR count). The van der Waals surface area contributed by atoms with Crippen LogP contribution in [0.1, 0.15) is 47.0 Å². The topological polar surface area (TPSA) is 21.3 Å². The molecule has 2 nitrogen and oxygen atoms in total. The zero-order valence-corrected chi connectivity index (χ0v) is 13.8. The van der Waals surface area contributed by atoms with E-state index >= 15 is 0 Å². The van der Waals surface area contributed by atoms with Crippen LogP contribution in [0.4, 0.5) is 5.69 Å². The van der Waals surface area contributed by atoms with Crippen molar-refractivity contribution in [2.24, 2.45) is 11.3 Å². The number of hydrogen-bond donors (Lipinski definition) is 1. The Morgan fingerprint density at radius 3 is 2.75 bits per heavy atom. The van der Waals surface area contributed by atoms with E-state index in [-0.39, 0.29) is 0 Å². The fourth-order valence-corrected chi connectivity index (χ4v) is 3.47. The highest BCUT2D eigenvalue weighted by atomic mass is 35.5. The molecule has 0 saturated heterocycles. The summed E-state index contributed by atoms with van der Waals surface area (Å²) in [5.74, 6) is 1.45. The van der Waals surface area contributed by atoms with Gasteiger partial charge in [-0.05, 0) is 55.7 Å². The van der Waals surface area contributed by atoms with Crippen LogP contribution in [0.25, 0.3) is 0 Å². The van der Waals surface area contributed by atoms with Crippen molar-refractivity contribution >= 4 is 17.3 Å². The van der Waals surface area contributed by atoms with Gasteiger partial charge < -0.3 is 10.1 Å². The van der Waals surface area contributed by atoms with Crippen LogP contribution in [-0.4, -0.2) is 12.6 Å². The fourth-order valence-electron chi connectivity index (χ4n) is 3.24. The third-order valence-corrected chi connectivity index (χ3v) is 4.57. The smallest absolute Gasteiger partial charge is 0.138 e. The Morgan fingerprint density at radius 1 is 1.40 bits per heavy atom. The monoisotopic (exact) mass is 295 g/mol. The molecule has 2 unspecified atom stereocenters. The van der Waals surface area contributed by atoms with E-state index in [2.05, 4.69) is 32.2 Å². The predicted octanol–water partition coefficient (Wildman–Crippen LogP) is 5.37. The average molecular weight is 296 g/mol. The molecule has 112 valence electrons. The Hall–Kier alpha value is -0.890. The quantitative estimate of drug-likeness (QED) is 0.807. The highest BCUT2D eigenvalue weighted by Gasteiger charge is 2.32. The molecule has 1 aliphatic carbocycles. The Kier molecular flexibility index (Phi) is 4.85. The van der Waals surface area contributed by atoms with E-state index < -0.39 is 0 Å². The molecular formula is C17H26ClNO. The van der Waals surface area contributed by atoms with Crippen molar-refractivity contribution in [3.8, 4) is 5.75 Å². The molecule has 0 amide bonds. The second-order valence-corrected chi connectivity index (χ2v) is 7.12. The first-order chi connectivity index (χ1) is 9.41. The summed E-state index contributed by atoms with van der Waals surface area (Å²) in [5, 5.41) is 4.32. The summed E-state index contributed by atoms with van der Waals surface area (Å²) in [4.78, 5) is 0. The lowest BCUT2D eigenvalue weighted by Crippen LogP contribution is -2.36. The lowest BCUT2D eigenvalue weighted by Gasteiger charge is -2.40. The summed E-state index contributed by atoms with van der Waals surface area (Å²) in [7, 11) is 0. The van der Waals surface area contributed by atoms with Gasteiger partial charge in [-0.25, -0.2) is 0 Å². The maximum atomic E-state index is 6.24. The van der Waals surface area contributed by atoms with Gasteiger partial charge in [0.15, 0.2) is 0 Å². The van der Waals surface area contributed by atoms with E-state index in [1.165, 1.54) is 19.3 Å². The van der Waals surface area contributed by atoms with Gasteiger partial charge in [0.1, 0.15) is 5.75 Å². The summed E-state index contributed by atoms with van der Waals surface area (Å²) in [6.45, 7) is 9.69. The van der Waals surface area contributed by atoms with E-state index in [0.29, 0.717) is 29.0 Å². The highest BCUT2D eigenvalue weighted by molar-refractivity contribution is 6.32. The molecule has 1 N–H and O–H groups in total. The largest absolute Gasteiger partial charge is 0.492 e. The molecule has 0 aliphatic heterocycles. The van der Waals surface area contributed by atoms with Gasteiger partial charge in [-0.2, -0.15) is 0 Å². The van der Waals surface area contributed by atoms with Gasteiger partial charge in [0.2, 0.25) is 0 Å².